The summed E-state index contributed by atoms with van der Waals surface area (Å²) in [7, 11) is -3.07. The molecule has 0 saturated carbocycles. The molecule has 0 aliphatic carbocycles. The van der Waals surface area contributed by atoms with Gasteiger partial charge < -0.3 is 14.8 Å². The molecule has 3 rings (SSSR count). The molecule has 1 aromatic rings. The fraction of sp³-hybridized carbons (Fsp3) is 0.562. The first-order valence-electron chi connectivity index (χ1n) is 7.86. The lowest BCUT2D eigenvalue weighted by Gasteiger charge is -2.24. The number of nitrogens with one attached hydrogen (secondary N) is 1. The van der Waals surface area contributed by atoms with Crippen molar-refractivity contribution in [3.05, 3.63) is 22.7 Å². The molecule has 8 heteroatoms. The Kier molecular flexibility index (Phi) is 4.66. The largest absolute Gasteiger partial charge is 0.489 e. The van der Waals surface area contributed by atoms with Crippen LogP contribution < -0.4 is 14.8 Å². The Labute approximate surface area is 146 Å². The smallest absolute Gasteiger partial charge is 0.224 e. The second kappa shape index (κ2) is 6.44. The van der Waals surface area contributed by atoms with E-state index < -0.39 is 15.4 Å². The molecule has 0 aromatic heterocycles. The molecule has 0 bridgehead atoms. The molecule has 1 atom stereocenters. The summed E-state index contributed by atoms with van der Waals surface area (Å²) < 4.78 is 34.4. The van der Waals surface area contributed by atoms with Crippen LogP contribution in [-0.2, 0) is 21.1 Å². The number of hydrogen-bond donors (Lipinski definition) is 1. The normalized spacial score (nSPS) is 25.1. The summed E-state index contributed by atoms with van der Waals surface area (Å²) in [5.41, 5.74) is -0.00317. The topological polar surface area (TPSA) is 81.7 Å². The summed E-state index contributed by atoms with van der Waals surface area (Å²) >= 11 is 6.22. The molecular weight excluding hydrogens is 354 g/mol. The van der Waals surface area contributed by atoms with Gasteiger partial charge in [-0.25, -0.2) is 8.42 Å². The number of rotatable bonds is 3. The quantitative estimate of drug-likeness (QED) is 0.872. The first-order valence-corrected chi connectivity index (χ1v) is 10.1. The molecule has 1 aromatic carbocycles. The zero-order chi connectivity index (χ0) is 17.4. The SMILES string of the molecule is CC1(NC(=O)Cc2cc(Cl)c3c(c2)OCCCO3)CCS(=O)(=O)C1. The van der Waals surface area contributed by atoms with Gasteiger partial charge in [-0.05, 0) is 31.0 Å². The van der Waals surface area contributed by atoms with E-state index >= 15 is 0 Å². The summed E-state index contributed by atoms with van der Waals surface area (Å²) in [6.45, 7) is 2.84. The van der Waals surface area contributed by atoms with Crippen molar-refractivity contribution < 1.29 is 22.7 Å². The van der Waals surface area contributed by atoms with Crippen LogP contribution in [0.1, 0.15) is 25.3 Å². The predicted molar refractivity (Wildman–Crippen MR) is 90.6 cm³/mol. The van der Waals surface area contributed by atoms with E-state index in [2.05, 4.69) is 5.32 Å². The molecule has 2 aliphatic rings. The van der Waals surface area contributed by atoms with Gasteiger partial charge in [0.15, 0.2) is 21.3 Å². The van der Waals surface area contributed by atoms with Gasteiger partial charge >= 0.3 is 0 Å². The molecule has 1 amide bonds. The van der Waals surface area contributed by atoms with Crippen LogP contribution in [0.15, 0.2) is 12.1 Å². The van der Waals surface area contributed by atoms with Gasteiger partial charge in [0.05, 0.1) is 41.7 Å². The van der Waals surface area contributed by atoms with Crippen LogP contribution in [-0.4, -0.2) is 44.6 Å². The summed E-state index contributed by atoms with van der Waals surface area (Å²) in [4.78, 5) is 12.3. The minimum absolute atomic E-state index is 0.0202. The van der Waals surface area contributed by atoms with Crippen molar-refractivity contribution in [2.75, 3.05) is 24.7 Å². The Morgan fingerprint density at radius 1 is 1.33 bits per heavy atom. The van der Waals surface area contributed by atoms with Crippen LogP contribution in [0.2, 0.25) is 5.02 Å². The molecule has 1 unspecified atom stereocenters. The molecule has 1 N–H and O–H groups in total. The van der Waals surface area contributed by atoms with E-state index in [0.717, 1.165) is 6.42 Å². The molecule has 132 valence electrons. The number of hydrogen-bond acceptors (Lipinski definition) is 5. The molecule has 2 heterocycles. The van der Waals surface area contributed by atoms with Crippen molar-refractivity contribution in [3.8, 4) is 11.5 Å². The van der Waals surface area contributed by atoms with E-state index in [-0.39, 0.29) is 23.8 Å². The van der Waals surface area contributed by atoms with Gasteiger partial charge in [-0.1, -0.05) is 11.6 Å². The fourth-order valence-electron chi connectivity index (χ4n) is 3.06. The molecule has 1 fully saturated rings. The number of carbonyl (C=O) groups is 1. The standard InChI is InChI=1S/C16H20ClNO5S/c1-16(3-6-24(20,21)10-16)18-14(19)9-11-7-12(17)15-13(8-11)22-4-2-5-23-15/h7-8H,2-6,9-10H2,1H3,(H,18,19). The Hall–Kier alpha value is -1.47. The monoisotopic (exact) mass is 373 g/mol. The molecule has 1 saturated heterocycles. The summed E-state index contributed by atoms with van der Waals surface area (Å²) in [6.07, 6.45) is 1.31. The highest BCUT2D eigenvalue weighted by Crippen LogP contribution is 2.38. The lowest BCUT2D eigenvalue weighted by Crippen LogP contribution is -2.47. The maximum atomic E-state index is 12.3. The van der Waals surface area contributed by atoms with E-state index in [9.17, 15) is 13.2 Å². The highest BCUT2D eigenvalue weighted by atomic mass is 35.5. The fourth-order valence-corrected chi connectivity index (χ4v) is 5.44. The number of amides is 1. The van der Waals surface area contributed by atoms with Crippen LogP contribution in [0.5, 0.6) is 11.5 Å². The number of ether oxygens (including phenoxy) is 2. The second-order valence-corrected chi connectivity index (χ2v) is 9.17. The predicted octanol–water partition coefficient (Wildman–Crippen LogP) is 1.74. The second-order valence-electron chi connectivity index (χ2n) is 6.58. The van der Waals surface area contributed by atoms with Gasteiger partial charge in [0.25, 0.3) is 0 Å². The Morgan fingerprint density at radius 2 is 2.08 bits per heavy atom. The van der Waals surface area contributed by atoms with Gasteiger partial charge in [0, 0.05) is 6.42 Å². The van der Waals surface area contributed by atoms with E-state index in [1.54, 1.807) is 19.1 Å². The number of sulfone groups is 1. The zero-order valence-electron chi connectivity index (χ0n) is 13.4. The summed E-state index contributed by atoms with van der Waals surface area (Å²) in [5, 5.41) is 3.25. The average Bonchev–Trinajstić information content (AvgIpc) is 2.64. The highest BCUT2D eigenvalue weighted by Gasteiger charge is 2.39. The highest BCUT2D eigenvalue weighted by molar-refractivity contribution is 7.91. The van der Waals surface area contributed by atoms with Crippen LogP contribution in [0.25, 0.3) is 0 Å². The van der Waals surface area contributed by atoms with Crippen LogP contribution >= 0.6 is 11.6 Å². The third kappa shape index (κ3) is 3.95. The number of benzene rings is 1. The lowest BCUT2D eigenvalue weighted by atomic mass is 10.0. The van der Waals surface area contributed by atoms with Crippen molar-refractivity contribution in [2.24, 2.45) is 0 Å². The maximum Gasteiger partial charge on any atom is 0.224 e. The minimum atomic E-state index is -3.07. The maximum absolute atomic E-state index is 12.3. The van der Waals surface area contributed by atoms with Crippen LogP contribution in [0.3, 0.4) is 0 Å². The molecule has 24 heavy (non-hydrogen) atoms. The van der Waals surface area contributed by atoms with E-state index in [4.69, 9.17) is 21.1 Å². The molecular formula is C16H20ClNO5S. The molecule has 2 aliphatic heterocycles. The number of halogens is 1. The van der Waals surface area contributed by atoms with Crippen LogP contribution in [0.4, 0.5) is 0 Å². The number of carbonyl (C=O) groups excluding carboxylic acids is 1. The molecule has 0 radical (unpaired) electrons. The third-order valence-corrected chi connectivity index (χ3v) is 6.36. The van der Waals surface area contributed by atoms with Crippen molar-refractivity contribution in [2.45, 2.75) is 31.7 Å². The molecule has 6 nitrogen and oxygen atoms in total. The van der Waals surface area contributed by atoms with Crippen molar-refractivity contribution in [1.29, 1.82) is 0 Å². The first-order chi connectivity index (χ1) is 11.3. The van der Waals surface area contributed by atoms with Gasteiger partial charge in [-0.15, -0.1) is 0 Å². The average molecular weight is 374 g/mol. The third-order valence-electron chi connectivity index (χ3n) is 4.17. The minimum Gasteiger partial charge on any atom is -0.489 e. The lowest BCUT2D eigenvalue weighted by molar-refractivity contribution is -0.121. The zero-order valence-corrected chi connectivity index (χ0v) is 15.0. The van der Waals surface area contributed by atoms with E-state index in [1.165, 1.54) is 0 Å². The Balaban J connectivity index is 1.71. The van der Waals surface area contributed by atoms with E-state index in [1.807, 2.05) is 0 Å². The Morgan fingerprint density at radius 3 is 2.79 bits per heavy atom. The number of fused-ring (bicyclic) bond motifs is 1. The van der Waals surface area contributed by atoms with Gasteiger partial charge in [0.2, 0.25) is 5.91 Å². The van der Waals surface area contributed by atoms with Gasteiger partial charge in [-0.2, -0.15) is 0 Å². The van der Waals surface area contributed by atoms with Gasteiger partial charge in [0.1, 0.15) is 0 Å². The first kappa shape index (κ1) is 17.4. The van der Waals surface area contributed by atoms with Crippen molar-refractivity contribution in [3.63, 3.8) is 0 Å². The van der Waals surface area contributed by atoms with E-state index in [0.29, 0.717) is 41.7 Å². The molecule has 0 spiro atoms. The van der Waals surface area contributed by atoms with Crippen LogP contribution in [0, 0.1) is 0 Å². The Bertz CT molecular complexity index is 764. The summed E-state index contributed by atoms with van der Waals surface area (Å²) in [6, 6.07) is 3.43. The van der Waals surface area contributed by atoms with Crippen molar-refractivity contribution in [1.82, 2.24) is 5.32 Å². The summed E-state index contributed by atoms with van der Waals surface area (Å²) in [5.74, 6) is 0.901. The van der Waals surface area contributed by atoms with Gasteiger partial charge in [-0.3, -0.25) is 4.79 Å². The van der Waals surface area contributed by atoms with Crippen molar-refractivity contribution >= 4 is 27.3 Å².